The zero-order chi connectivity index (χ0) is 8.15. The Bertz CT molecular complexity index is 116. The monoisotopic (exact) mass is 119 g/mol. The highest BCUT2D eigenvalue weighted by Gasteiger charge is 2.11. The Morgan fingerprint density at radius 2 is 2.38 bits per heavy atom. The van der Waals surface area contributed by atoms with E-state index in [1.165, 1.54) is 11.8 Å². The molecule has 0 radical (unpaired) electrons. The Labute approximate surface area is 51.7 Å². The van der Waals surface area contributed by atoms with Crippen LogP contribution in [0.25, 0.3) is 0 Å². The van der Waals surface area contributed by atoms with Crippen LogP contribution in [0.15, 0.2) is 0 Å². The average molecular weight is 119 g/mol. The van der Waals surface area contributed by atoms with E-state index < -0.39 is 12.0 Å². The van der Waals surface area contributed by atoms with Gasteiger partial charge in [0.15, 0.2) is 0 Å². The fourth-order valence-corrected chi connectivity index (χ4v) is 0.156. The van der Waals surface area contributed by atoms with Crippen LogP contribution in [0.5, 0.6) is 0 Å². The van der Waals surface area contributed by atoms with Gasteiger partial charge in [-0.2, -0.15) is 0 Å². The van der Waals surface area contributed by atoms with E-state index in [0.29, 0.717) is 0 Å². The molecule has 0 bridgehead atoms. The molecule has 3 nitrogen and oxygen atoms in total. The van der Waals surface area contributed by atoms with Crippen molar-refractivity contribution in [2.45, 2.75) is 13.0 Å². The van der Waals surface area contributed by atoms with Gasteiger partial charge in [0.2, 0.25) is 0 Å². The lowest BCUT2D eigenvalue weighted by Crippen LogP contribution is -2.32. The van der Waals surface area contributed by atoms with E-state index in [9.17, 15) is 4.79 Å². The predicted molar refractivity (Wildman–Crippen MR) is 30.8 cm³/mol. The Hall–Kier alpha value is -0.570. The minimum atomic E-state index is -0.987. The van der Waals surface area contributed by atoms with E-state index in [1.807, 2.05) is 0 Å². The highest BCUT2D eigenvalue weighted by molar-refractivity contribution is 5.72. The van der Waals surface area contributed by atoms with Crippen LogP contribution >= 0.6 is 0 Å². The summed E-state index contributed by atoms with van der Waals surface area (Å²) < 4.78 is 13.7. The van der Waals surface area contributed by atoms with E-state index in [-0.39, 0.29) is 14.0 Å². The van der Waals surface area contributed by atoms with Crippen molar-refractivity contribution in [3.05, 3.63) is 0 Å². The summed E-state index contributed by atoms with van der Waals surface area (Å²) in [5.41, 5.74) is 0. The number of nitrogens with zero attached hydrogens (tertiary/aromatic N) is 1. The SMILES string of the molecule is [2H]CN(C[2H])[C@@H](C)C(=O)O. The number of rotatable bonds is 2. The molecule has 1 N–H and O–H groups in total. The summed E-state index contributed by atoms with van der Waals surface area (Å²) in [7, 11) is -0.284. The summed E-state index contributed by atoms with van der Waals surface area (Å²) in [6.45, 7) is 1.46. The molecule has 3 heteroatoms. The molecule has 0 aliphatic carbocycles. The van der Waals surface area contributed by atoms with Crippen molar-refractivity contribution < 1.29 is 12.6 Å². The van der Waals surface area contributed by atoms with Gasteiger partial charge in [0.1, 0.15) is 6.04 Å². The normalized spacial score (nSPS) is 17.2. The van der Waals surface area contributed by atoms with Gasteiger partial charge in [0, 0.05) is 2.74 Å². The molecule has 0 fully saturated rings. The third kappa shape index (κ3) is 1.93. The van der Waals surface area contributed by atoms with E-state index in [2.05, 4.69) is 0 Å². The summed E-state index contributed by atoms with van der Waals surface area (Å²) in [6.07, 6.45) is 0. The molecule has 0 heterocycles. The van der Waals surface area contributed by atoms with Crippen molar-refractivity contribution in [3.63, 3.8) is 0 Å². The predicted octanol–water partition coefficient (Wildman–Crippen LogP) is 0.0211. The van der Waals surface area contributed by atoms with Gasteiger partial charge >= 0.3 is 5.97 Å². The molecule has 0 aromatic rings. The summed E-state index contributed by atoms with van der Waals surface area (Å²) in [5, 5.41) is 8.41. The summed E-state index contributed by atoms with van der Waals surface area (Å²) in [6, 6.07) is -0.727. The van der Waals surface area contributed by atoms with Crippen LogP contribution in [-0.4, -0.2) is 36.1 Å². The third-order valence-corrected chi connectivity index (χ3v) is 0.905. The van der Waals surface area contributed by atoms with Crippen LogP contribution < -0.4 is 0 Å². The molecule has 0 aromatic carbocycles. The zero-order valence-corrected chi connectivity index (χ0v) is 4.79. The molecule has 0 spiro atoms. The summed E-state index contributed by atoms with van der Waals surface area (Å²) in [4.78, 5) is 11.5. The van der Waals surface area contributed by atoms with Crippen molar-refractivity contribution in [1.29, 1.82) is 0 Å². The third-order valence-electron chi connectivity index (χ3n) is 0.905. The van der Waals surface area contributed by atoms with E-state index in [0.717, 1.165) is 0 Å². The highest BCUT2D eigenvalue weighted by atomic mass is 16.4. The van der Waals surface area contributed by atoms with Crippen molar-refractivity contribution in [1.82, 2.24) is 4.90 Å². The number of carboxylic acids is 1. The van der Waals surface area contributed by atoms with Gasteiger partial charge < -0.3 is 5.11 Å². The highest BCUT2D eigenvalue weighted by Crippen LogP contribution is 1.88. The van der Waals surface area contributed by atoms with Gasteiger partial charge in [-0.05, 0) is 21.0 Å². The van der Waals surface area contributed by atoms with Gasteiger partial charge in [-0.1, -0.05) is 0 Å². The molecule has 0 aromatic heterocycles. The van der Waals surface area contributed by atoms with Crippen LogP contribution in [0.1, 0.15) is 9.67 Å². The molecule has 48 valence electrons. The lowest BCUT2D eigenvalue weighted by Gasteiger charge is -2.13. The molecule has 0 saturated carbocycles. The van der Waals surface area contributed by atoms with Gasteiger partial charge in [-0.25, -0.2) is 0 Å². The maximum atomic E-state index is 10.3. The molecule has 0 amide bonds. The molecule has 8 heavy (non-hydrogen) atoms. The summed E-state index contributed by atoms with van der Waals surface area (Å²) in [5.74, 6) is -0.987. The maximum Gasteiger partial charge on any atom is 0.320 e. The van der Waals surface area contributed by atoms with Gasteiger partial charge in [0.05, 0.1) is 0 Å². The first kappa shape index (κ1) is 4.32. The Balaban J connectivity index is 3.88. The van der Waals surface area contributed by atoms with Crippen molar-refractivity contribution >= 4 is 5.97 Å². The second-order valence-electron chi connectivity index (χ2n) is 1.60. The van der Waals surface area contributed by atoms with E-state index in [1.54, 1.807) is 0 Å². The van der Waals surface area contributed by atoms with Crippen LogP contribution in [-0.2, 0) is 4.79 Å². The Kier molecular flexibility index (Phi) is 1.44. The Morgan fingerprint density at radius 1 is 1.88 bits per heavy atom. The molecular weight excluding hydrogens is 106 g/mol. The minimum absolute atomic E-state index is 0.142. The lowest BCUT2D eigenvalue weighted by molar-refractivity contribution is -0.141. The maximum absolute atomic E-state index is 10.3. The van der Waals surface area contributed by atoms with Crippen LogP contribution in [0.3, 0.4) is 0 Å². The average Bonchev–Trinajstić information content (AvgIpc) is 1.90. The van der Waals surface area contributed by atoms with Crippen molar-refractivity contribution in [3.8, 4) is 0 Å². The molecule has 0 aliphatic heterocycles. The molecule has 0 unspecified atom stereocenters. The molecule has 1 atom stereocenters. The first-order valence-electron chi connectivity index (χ1n) is 3.60. The van der Waals surface area contributed by atoms with Crippen molar-refractivity contribution in [2.24, 2.45) is 0 Å². The lowest BCUT2D eigenvalue weighted by atomic mass is 10.3. The number of aliphatic carboxylic acids is 1. The van der Waals surface area contributed by atoms with Crippen molar-refractivity contribution in [2.75, 3.05) is 14.0 Å². The van der Waals surface area contributed by atoms with Gasteiger partial charge in [-0.3, -0.25) is 9.69 Å². The number of hydrogen-bond donors (Lipinski definition) is 1. The first-order chi connectivity index (χ1) is 4.63. The minimum Gasteiger partial charge on any atom is -0.480 e. The molecule has 0 saturated heterocycles. The van der Waals surface area contributed by atoms with Gasteiger partial charge in [0.25, 0.3) is 0 Å². The smallest absolute Gasteiger partial charge is 0.320 e. The first-order valence-corrected chi connectivity index (χ1v) is 2.18. The standard InChI is InChI=1S/C5H11NO2/c1-4(5(7)8)6(2)3/h4H,1-3H3,(H,7,8)/t4-/m0/s1/i2D,3D. The molecule has 0 rings (SSSR count). The van der Waals surface area contributed by atoms with Gasteiger partial charge in [-0.15, -0.1) is 0 Å². The number of carboxylic acid groups (broad SMARTS) is 1. The second kappa shape index (κ2) is 2.67. The topological polar surface area (TPSA) is 40.5 Å². The fraction of sp³-hybridized carbons (Fsp3) is 0.800. The fourth-order valence-electron chi connectivity index (χ4n) is 0.156. The molecule has 0 aliphatic rings. The number of likely N-dealkylation sites (N-methyl/N-ethyl adjacent to an activating group) is 1. The quantitative estimate of drug-likeness (QED) is 0.557. The van der Waals surface area contributed by atoms with Crippen LogP contribution in [0, 0.1) is 0 Å². The van der Waals surface area contributed by atoms with Crippen LogP contribution in [0.2, 0.25) is 0 Å². The molecular formula is C5H11NO2. The number of hydrogen-bond acceptors (Lipinski definition) is 2. The number of carbonyl (C=O) groups is 1. The Morgan fingerprint density at radius 3 is 2.50 bits per heavy atom. The zero-order valence-electron chi connectivity index (χ0n) is 6.79. The van der Waals surface area contributed by atoms with Crippen LogP contribution in [0.4, 0.5) is 0 Å². The largest absolute Gasteiger partial charge is 0.480 e. The second-order valence-corrected chi connectivity index (χ2v) is 1.60. The van der Waals surface area contributed by atoms with E-state index >= 15 is 0 Å². The summed E-state index contributed by atoms with van der Waals surface area (Å²) >= 11 is 0. The van der Waals surface area contributed by atoms with E-state index in [4.69, 9.17) is 7.85 Å².